The Morgan fingerprint density at radius 2 is 2.31 bits per heavy atom. The van der Waals surface area contributed by atoms with Gasteiger partial charge in [0.2, 0.25) is 0 Å². The normalized spacial score (nSPS) is 19.1. The molecule has 1 fully saturated rings. The Morgan fingerprint density at radius 3 is 2.94 bits per heavy atom. The van der Waals surface area contributed by atoms with Crippen LogP contribution in [0.2, 0.25) is 0 Å². The van der Waals surface area contributed by atoms with Crippen molar-refractivity contribution in [2.45, 2.75) is 38.8 Å². The number of nitrogens with zero attached hydrogens (tertiary/aromatic N) is 2. The lowest BCUT2D eigenvalue weighted by molar-refractivity contribution is 0.197. The minimum atomic E-state index is 0.677. The SMILES string of the molecule is CCCN1CCC(NCc2ccn[nH]2)CC1. The molecule has 1 aromatic heterocycles. The molecule has 1 aromatic rings. The standard InChI is InChI=1S/C12H22N4/c1-2-7-16-8-4-11(5-9-16)13-10-12-3-6-14-15-12/h3,6,11,13H,2,4-5,7-10H2,1H3,(H,14,15). The third kappa shape index (κ3) is 3.32. The summed E-state index contributed by atoms with van der Waals surface area (Å²) in [6.45, 7) is 6.91. The zero-order valence-electron chi connectivity index (χ0n) is 10.1. The first-order valence-electron chi connectivity index (χ1n) is 6.32. The summed E-state index contributed by atoms with van der Waals surface area (Å²) in [7, 11) is 0. The Balaban J connectivity index is 1.65. The van der Waals surface area contributed by atoms with Gasteiger partial charge in [0, 0.05) is 24.5 Å². The fourth-order valence-corrected chi connectivity index (χ4v) is 2.31. The van der Waals surface area contributed by atoms with Crippen molar-refractivity contribution in [3.8, 4) is 0 Å². The van der Waals surface area contributed by atoms with E-state index < -0.39 is 0 Å². The van der Waals surface area contributed by atoms with Gasteiger partial charge in [0.05, 0.1) is 0 Å². The van der Waals surface area contributed by atoms with E-state index in [1.165, 1.54) is 44.6 Å². The molecule has 0 bridgehead atoms. The fraction of sp³-hybridized carbons (Fsp3) is 0.750. The summed E-state index contributed by atoms with van der Waals surface area (Å²) in [6, 6.07) is 2.70. The molecule has 0 aromatic carbocycles. The number of aromatic amines is 1. The average Bonchev–Trinajstić information content (AvgIpc) is 2.82. The molecule has 0 aliphatic carbocycles. The van der Waals surface area contributed by atoms with Gasteiger partial charge in [-0.2, -0.15) is 5.10 Å². The van der Waals surface area contributed by atoms with Crippen LogP contribution in [0.5, 0.6) is 0 Å². The molecule has 0 atom stereocenters. The topological polar surface area (TPSA) is 44.0 Å². The van der Waals surface area contributed by atoms with Crippen LogP contribution in [0.4, 0.5) is 0 Å². The van der Waals surface area contributed by atoms with Crippen molar-refractivity contribution in [3.63, 3.8) is 0 Å². The van der Waals surface area contributed by atoms with Gasteiger partial charge in [-0.3, -0.25) is 5.10 Å². The molecular weight excluding hydrogens is 200 g/mol. The Hall–Kier alpha value is -0.870. The van der Waals surface area contributed by atoms with E-state index in [-0.39, 0.29) is 0 Å². The summed E-state index contributed by atoms with van der Waals surface area (Å²) in [4.78, 5) is 2.56. The molecule has 0 unspecified atom stereocenters. The van der Waals surface area contributed by atoms with Crippen molar-refractivity contribution in [3.05, 3.63) is 18.0 Å². The van der Waals surface area contributed by atoms with Crippen LogP contribution in [0.15, 0.2) is 12.3 Å². The number of hydrogen-bond acceptors (Lipinski definition) is 3. The minimum Gasteiger partial charge on any atom is -0.308 e. The molecule has 0 saturated carbocycles. The van der Waals surface area contributed by atoms with E-state index in [1.54, 1.807) is 6.20 Å². The molecule has 2 heterocycles. The molecule has 1 aliphatic heterocycles. The van der Waals surface area contributed by atoms with Gasteiger partial charge in [0.15, 0.2) is 0 Å². The summed E-state index contributed by atoms with van der Waals surface area (Å²) in [5.74, 6) is 0. The van der Waals surface area contributed by atoms with E-state index in [4.69, 9.17) is 0 Å². The molecule has 1 saturated heterocycles. The maximum absolute atomic E-state index is 3.95. The van der Waals surface area contributed by atoms with Gasteiger partial charge in [-0.1, -0.05) is 6.92 Å². The van der Waals surface area contributed by atoms with E-state index in [1.807, 2.05) is 6.07 Å². The number of rotatable bonds is 5. The summed E-state index contributed by atoms with van der Waals surface area (Å²) < 4.78 is 0. The molecule has 2 N–H and O–H groups in total. The van der Waals surface area contributed by atoms with Crippen molar-refractivity contribution in [2.24, 2.45) is 0 Å². The van der Waals surface area contributed by atoms with Crippen LogP contribution in [0, 0.1) is 0 Å². The number of aromatic nitrogens is 2. The molecule has 16 heavy (non-hydrogen) atoms. The van der Waals surface area contributed by atoms with Crippen LogP contribution in [0.1, 0.15) is 31.9 Å². The van der Waals surface area contributed by atoms with Gasteiger partial charge < -0.3 is 10.2 Å². The van der Waals surface area contributed by atoms with E-state index >= 15 is 0 Å². The monoisotopic (exact) mass is 222 g/mol. The molecule has 2 rings (SSSR count). The van der Waals surface area contributed by atoms with Crippen LogP contribution in [0.3, 0.4) is 0 Å². The number of H-pyrrole nitrogens is 1. The molecule has 4 heteroatoms. The quantitative estimate of drug-likeness (QED) is 0.791. The maximum Gasteiger partial charge on any atom is 0.0490 e. The number of hydrogen-bond donors (Lipinski definition) is 2. The number of nitrogens with one attached hydrogen (secondary N) is 2. The molecule has 0 spiro atoms. The molecule has 0 radical (unpaired) electrons. The van der Waals surface area contributed by atoms with Crippen LogP contribution in [-0.4, -0.2) is 40.8 Å². The lowest BCUT2D eigenvalue weighted by Gasteiger charge is -2.32. The van der Waals surface area contributed by atoms with Crippen molar-refractivity contribution in [1.82, 2.24) is 20.4 Å². The van der Waals surface area contributed by atoms with E-state index in [0.717, 1.165) is 6.54 Å². The fourth-order valence-electron chi connectivity index (χ4n) is 2.31. The summed E-state index contributed by atoms with van der Waals surface area (Å²) in [5, 5.41) is 10.5. The summed E-state index contributed by atoms with van der Waals surface area (Å²) in [6.07, 6.45) is 5.62. The van der Waals surface area contributed by atoms with Crippen LogP contribution >= 0.6 is 0 Å². The Morgan fingerprint density at radius 1 is 1.50 bits per heavy atom. The second-order valence-corrected chi connectivity index (χ2v) is 4.58. The Labute approximate surface area is 97.4 Å². The van der Waals surface area contributed by atoms with Crippen molar-refractivity contribution >= 4 is 0 Å². The third-order valence-corrected chi connectivity index (χ3v) is 3.27. The van der Waals surface area contributed by atoms with Gasteiger partial charge in [-0.05, 0) is 45.0 Å². The summed E-state index contributed by atoms with van der Waals surface area (Å²) in [5.41, 5.74) is 1.18. The lowest BCUT2D eigenvalue weighted by atomic mass is 10.0. The van der Waals surface area contributed by atoms with Crippen molar-refractivity contribution in [2.75, 3.05) is 19.6 Å². The first kappa shape index (κ1) is 11.6. The van der Waals surface area contributed by atoms with Gasteiger partial charge >= 0.3 is 0 Å². The first-order chi connectivity index (χ1) is 7.88. The zero-order chi connectivity index (χ0) is 11.2. The minimum absolute atomic E-state index is 0.677. The molecule has 1 aliphatic rings. The van der Waals surface area contributed by atoms with Crippen molar-refractivity contribution in [1.29, 1.82) is 0 Å². The third-order valence-electron chi connectivity index (χ3n) is 3.27. The molecular formula is C12H22N4. The predicted molar refractivity (Wildman–Crippen MR) is 65.2 cm³/mol. The van der Waals surface area contributed by atoms with Gasteiger partial charge in [-0.15, -0.1) is 0 Å². The highest BCUT2D eigenvalue weighted by atomic mass is 15.1. The second-order valence-electron chi connectivity index (χ2n) is 4.58. The van der Waals surface area contributed by atoms with Crippen LogP contribution < -0.4 is 5.32 Å². The summed E-state index contributed by atoms with van der Waals surface area (Å²) >= 11 is 0. The predicted octanol–water partition coefficient (Wildman–Crippen LogP) is 1.37. The molecule has 90 valence electrons. The zero-order valence-corrected chi connectivity index (χ0v) is 10.1. The van der Waals surface area contributed by atoms with E-state index in [0.29, 0.717) is 6.04 Å². The largest absolute Gasteiger partial charge is 0.308 e. The van der Waals surface area contributed by atoms with Gasteiger partial charge in [-0.25, -0.2) is 0 Å². The molecule has 0 amide bonds. The number of piperidine rings is 1. The average molecular weight is 222 g/mol. The van der Waals surface area contributed by atoms with E-state index in [2.05, 4.69) is 27.3 Å². The Bertz CT molecular complexity index is 275. The van der Waals surface area contributed by atoms with Gasteiger partial charge in [0.1, 0.15) is 0 Å². The Kier molecular flexibility index (Phi) is 4.36. The maximum atomic E-state index is 3.95. The van der Waals surface area contributed by atoms with Crippen LogP contribution in [-0.2, 0) is 6.54 Å². The van der Waals surface area contributed by atoms with E-state index in [9.17, 15) is 0 Å². The lowest BCUT2D eigenvalue weighted by Crippen LogP contribution is -2.42. The highest BCUT2D eigenvalue weighted by molar-refractivity contribution is 4.97. The highest BCUT2D eigenvalue weighted by Crippen LogP contribution is 2.10. The highest BCUT2D eigenvalue weighted by Gasteiger charge is 2.17. The number of likely N-dealkylation sites (tertiary alicyclic amines) is 1. The molecule has 4 nitrogen and oxygen atoms in total. The second kappa shape index (κ2) is 6.01. The van der Waals surface area contributed by atoms with Crippen LogP contribution in [0.25, 0.3) is 0 Å². The van der Waals surface area contributed by atoms with Crippen molar-refractivity contribution < 1.29 is 0 Å². The first-order valence-corrected chi connectivity index (χ1v) is 6.32. The smallest absolute Gasteiger partial charge is 0.0490 e. The van der Waals surface area contributed by atoms with Gasteiger partial charge in [0.25, 0.3) is 0 Å².